The third-order valence-corrected chi connectivity index (χ3v) is 7.74. The van der Waals surface area contributed by atoms with Crippen LogP contribution in [0.15, 0.2) is 30.5 Å². The monoisotopic (exact) mass is 440 g/mol. The Balaban J connectivity index is 1.24. The number of halogens is 1. The van der Waals surface area contributed by atoms with E-state index in [9.17, 15) is 4.39 Å². The summed E-state index contributed by atoms with van der Waals surface area (Å²) in [6.07, 6.45) is 12.9. The molecule has 1 unspecified atom stereocenters. The lowest BCUT2D eigenvalue weighted by atomic mass is 9.94. The highest BCUT2D eigenvalue weighted by molar-refractivity contribution is 5.62. The number of aromatic amines is 1. The molecule has 6 heteroatoms. The minimum Gasteiger partial charge on any atom is -0.377 e. The van der Waals surface area contributed by atoms with E-state index in [-0.39, 0.29) is 5.82 Å². The average Bonchev–Trinajstić information content (AvgIpc) is 3.58. The molecule has 0 amide bonds. The van der Waals surface area contributed by atoms with Crippen LogP contribution in [-0.2, 0) is 11.3 Å². The second kappa shape index (κ2) is 10.4. The summed E-state index contributed by atoms with van der Waals surface area (Å²) in [5.74, 6) is 0.536. The van der Waals surface area contributed by atoms with Crippen molar-refractivity contribution in [1.82, 2.24) is 20.0 Å². The molecular formula is C26H37FN4O. The summed E-state index contributed by atoms with van der Waals surface area (Å²) >= 11 is 0. The second-order valence-corrected chi connectivity index (χ2v) is 10.0. The molecule has 3 aliphatic rings. The average molecular weight is 441 g/mol. The lowest BCUT2D eigenvalue weighted by Gasteiger charge is -2.38. The summed E-state index contributed by atoms with van der Waals surface area (Å²) in [7, 11) is 0. The maximum absolute atomic E-state index is 13.4. The number of H-pyrrole nitrogens is 1. The fourth-order valence-electron chi connectivity index (χ4n) is 5.95. The summed E-state index contributed by atoms with van der Waals surface area (Å²) < 4.78 is 19.4. The summed E-state index contributed by atoms with van der Waals surface area (Å²) in [4.78, 5) is 5.35. The van der Waals surface area contributed by atoms with Gasteiger partial charge in [0.15, 0.2) is 0 Å². The number of aromatic nitrogens is 2. The number of rotatable bonds is 8. The van der Waals surface area contributed by atoms with Crippen LogP contribution in [0, 0.1) is 11.7 Å². The highest BCUT2D eigenvalue weighted by atomic mass is 19.1. The standard InChI is InChI=1S/C26H37FN4O/c27-23-9-7-21(8-10-23)26-22(16-28-29-26)18-30(19-25-6-3-15-32-25)17-20-11-13-31(14-12-20)24-4-1-2-5-24/h7-10,16,20,24-25H,1-6,11-15,17-19H2,(H,28,29). The van der Waals surface area contributed by atoms with Gasteiger partial charge >= 0.3 is 0 Å². The van der Waals surface area contributed by atoms with Crippen molar-refractivity contribution in [3.63, 3.8) is 0 Å². The Morgan fingerprint density at radius 3 is 2.50 bits per heavy atom. The molecule has 3 heterocycles. The van der Waals surface area contributed by atoms with Gasteiger partial charge in [0.1, 0.15) is 5.82 Å². The first-order chi connectivity index (χ1) is 15.7. The summed E-state index contributed by atoms with van der Waals surface area (Å²) in [6.45, 7) is 6.37. The van der Waals surface area contributed by atoms with E-state index < -0.39 is 0 Å². The smallest absolute Gasteiger partial charge is 0.123 e. The molecule has 3 fully saturated rings. The van der Waals surface area contributed by atoms with Crippen molar-refractivity contribution in [1.29, 1.82) is 0 Å². The van der Waals surface area contributed by atoms with Crippen LogP contribution < -0.4 is 0 Å². The number of piperidine rings is 1. The highest BCUT2D eigenvalue weighted by Gasteiger charge is 2.29. The van der Waals surface area contributed by atoms with Gasteiger partial charge in [-0.3, -0.25) is 10.00 Å². The van der Waals surface area contributed by atoms with Crippen molar-refractivity contribution in [3.05, 3.63) is 41.8 Å². The highest BCUT2D eigenvalue weighted by Crippen LogP contribution is 2.29. The van der Waals surface area contributed by atoms with Crippen LogP contribution in [0.5, 0.6) is 0 Å². The molecule has 0 spiro atoms. The van der Waals surface area contributed by atoms with Gasteiger partial charge in [-0.1, -0.05) is 12.8 Å². The van der Waals surface area contributed by atoms with Crippen LogP contribution in [-0.4, -0.2) is 64.9 Å². The fraction of sp³-hybridized carbons (Fsp3) is 0.654. The Bertz CT molecular complexity index is 834. The van der Waals surface area contributed by atoms with E-state index in [0.717, 1.165) is 55.9 Å². The van der Waals surface area contributed by atoms with E-state index in [2.05, 4.69) is 20.0 Å². The Morgan fingerprint density at radius 2 is 1.78 bits per heavy atom. The van der Waals surface area contributed by atoms with Gasteiger partial charge in [0.05, 0.1) is 18.0 Å². The second-order valence-electron chi connectivity index (χ2n) is 10.0. The first-order valence-electron chi connectivity index (χ1n) is 12.6. The lowest BCUT2D eigenvalue weighted by Crippen LogP contribution is -2.43. The van der Waals surface area contributed by atoms with E-state index >= 15 is 0 Å². The van der Waals surface area contributed by atoms with Crippen molar-refractivity contribution in [3.8, 4) is 11.3 Å². The van der Waals surface area contributed by atoms with Crippen LogP contribution in [0.1, 0.15) is 56.9 Å². The van der Waals surface area contributed by atoms with Crippen LogP contribution >= 0.6 is 0 Å². The maximum Gasteiger partial charge on any atom is 0.123 e. The normalized spacial score (nSPS) is 23.5. The first-order valence-corrected chi connectivity index (χ1v) is 12.6. The zero-order valence-electron chi connectivity index (χ0n) is 19.1. The molecule has 2 aliphatic heterocycles. The molecule has 5 rings (SSSR count). The third kappa shape index (κ3) is 5.41. The van der Waals surface area contributed by atoms with Gasteiger partial charge in [0, 0.05) is 43.4 Å². The predicted molar refractivity (Wildman–Crippen MR) is 125 cm³/mol. The van der Waals surface area contributed by atoms with E-state index in [1.165, 1.54) is 75.7 Å². The minimum atomic E-state index is -0.209. The molecule has 1 N–H and O–H groups in total. The van der Waals surface area contributed by atoms with Crippen LogP contribution in [0.4, 0.5) is 4.39 Å². The summed E-state index contributed by atoms with van der Waals surface area (Å²) in [5, 5.41) is 7.47. The number of benzene rings is 1. The predicted octanol–water partition coefficient (Wildman–Crippen LogP) is 4.85. The van der Waals surface area contributed by atoms with Crippen LogP contribution in [0.3, 0.4) is 0 Å². The van der Waals surface area contributed by atoms with Crippen LogP contribution in [0.2, 0.25) is 0 Å². The fourth-order valence-corrected chi connectivity index (χ4v) is 5.95. The minimum absolute atomic E-state index is 0.209. The number of hydrogen-bond donors (Lipinski definition) is 1. The third-order valence-electron chi connectivity index (χ3n) is 7.74. The molecule has 1 saturated carbocycles. The Morgan fingerprint density at radius 1 is 1.00 bits per heavy atom. The van der Waals surface area contributed by atoms with Gasteiger partial charge in [-0.2, -0.15) is 5.10 Å². The molecule has 0 radical (unpaired) electrons. The molecule has 2 saturated heterocycles. The van der Waals surface area contributed by atoms with Crippen molar-refractivity contribution in [2.45, 2.75) is 70.1 Å². The number of nitrogens with one attached hydrogen (secondary N) is 1. The zero-order valence-corrected chi connectivity index (χ0v) is 19.1. The number of ether oxygens (including phenoxy) is 1. The van der Waals surface area contributed by atoms with E-state index in [1.807, 2.05) is 18.3 Å². The van der Waals surface area contributed by atoms with E-state index in [4.69, 9.17) is 4.74 Å². The molecule has 1 aromatic heterocycles. The van der Waals surface area contributed by atoms with Gasteiger partial charge in [-0.15, -0.1) is 0 Å². The zero-order chi connectivity index (χ0) is 21.8. The first kappa shape index (κ1) is 22.1. The molecule has 0 bridgehead atoms. The van der Waals surface area contributed by atoms with E-state index in [0.29, 0.717) is 6.10 Å². The van der Waals surface area contributed by atoms with Gasteiger partial charge in [-0.05, 0) is 81.8 Å². The van der Waals surface area contributed by atoms with Gasteiger partial charge < -0.3 is 9.64 Å². The quantitative estimate of drug-likeness (QED) is 0.637. The molecule has 1 aromatic carbocycles. The maximum atomic E-state index is 13.4. The molecule has 5 nitrogen and oxygen atoms in total. The number of hydrogen-bond acceptors (Lipinski definition) is 4. The van der Waals surface area contributed by atoms with Crippen molar-refractivity contribution in [2.24, 2.45) is 5.92 Å². The van der Waals surface area contributed by atoms with Gasteiger partial charge in [-0.25, -0.2) is 4.39 Å². The molecule has 32 heavy (non-hydrogen) atoms. The van der Waals surface area contributed by atoms with Crippen LogP contribution in [0.25, 0.3) is 11.3 Å². The molecular weight excluding hydrogens is 403 g/mol. The Hall–Kier alpha value is -1.76. The molecule has 174 valence electrons. The summed E-state index contributed by atoms with van der Waals surface area (Å²) in [6, 6.07) is 7.54. The lowest BCUT2D eigenvalue weighted by molar-refractivity contribution is 0.0540. The topological polar surface area (TPSA) is 44.4 Å². The number of likely N-dealkylation sites (tertiary alicyclic amines) is 1. The Kier molecular flexibility index (Phi) is 7.20. The van der Waals surface area contributed by atoms with Gasteiger partial charge in [0.25, 0.3) is 0 Å². The Labute approximate surface area is 191 Å². The molecule has 1 atom stereocenters. The van der Waals surface area contributed by atoms with Gasteiger partial charge in [0.2, 0.25) is 0 Å². The van der Waals surface area contributed by atoms with E-state index in [1.54, 1.807) is 0 Å². The van der Waals surface area contributed by atoms with Crippen molar-refractivity contribution in [2.75, 3.05) is 32.8 Å². The van der Waals surface area contributed by atoms with Crippen molar-refractivity contribution < 1.29 is 9.13 Å². The molecule has 1 aliphatic carbocycles. The SMILES string of the molecule is Fc1ccc(-c2[nH]ncc2CN(CC2CCN(C3CCCC3)CC2)CC2CCCO2)cc1. The number of nitrogens with zero attached hydrogens (tertiary/aromatic N) is 3. The summed E-state index contributed by atoms with van der Waals surface area (Å²) in [5.41, 5.74) is 3.16. The largest absolute Gasteiger partial charge is 0.377 e. The molecule has 2 aromatic rings. The van der Waals surface area contributed by atoms with Crippen molar-refractivity contribution >= 4 is 0 Å².